The van der Waals surface area contributed by atoms with Gasteiger partial charge in [-0.3, -0.25) is 19.5 Å². The van der Waals surface area contributed by atoms with E-state index in [4.69, 9.17) is 0 Å². The molecule has 1 aliphatic carbocycles. The number of hydrogen-bond donors (Lipinski definition) is 1. The summed E-state index contributed by atoms with van der Waals surface area (Å²) in [7, 11) is 0. The van der Waals surface area contributed by atoms with Gasteiger partial charge in [0.25, 0.3) is 0 Å². The third-order valence-electron chi connectivity index (χ3n) is 6.98. The Balaban J connectivity index is 1.53. The Morgan fingerprint density at radius 2 is 1.70 bits per heavy atom. The highest BCUT2D eigenvalue weighted by Crippen LogP contribution is 2.28. The van der Waals surface area contributed by atoms with Gasteiger partial charge in [0.05, 0.1) is 0 Å². The molecule has 2 amide bonds. The molecule has 6 heteroatoms. The topological polar surface area (TPSA) is 65.5 Å². The van der Waals surface area contributed by atoms with Crippen molar-refractivity contribution in [3.63, 3.8) is 0 Å². The van der Waals surface area contributed by atoms with Crippen molar-refractivity contribution in [3.8, 4) is 0 Å². The van der Waals surface area contributed by atoms with Crippen molar-refractivity contribution in [1.29, 1.82) is 0 Å². The van der Waals surface area contributed by atoms with Crippen LogP contribution in [0.4, 0.5) is 0 Å². The van der Waals surface area contributed by atoms with Crippen LogP contribution in [-0.4, -0.2) is 52.8 Å². The molecule has 0 radical (unpaired) electrons. The fourth-order valence-corrected chi connectivity index (χ4v) is 5.18. The number of nitrogens with zero attached hydrogens (tertiary/aromatic N) is 3. The first-order valence-electron chi connectivity index (χ1n) is 12.4. The predicted octanol–water partition coefficient (Wildman–Crippen LogP) is 3.94. The minimum atomic E-state index is -0.0139. The highest BCUT2D eigenvalue weighted by molar-refractivity contribution is 5.79. The average Bonchev–Trinajstić information content (AvgIpc) is 2.90. The van der Waals surface area contributed by atoms with Crippen LogP contribution in [-0.2, 0) is 16.1 Å². The van der Waals surface area contributed by atoms with Crippen LogP contribution in [0.2, 0.25) is 0 Å². The van der Waals surface area contributed by atoms with Crippen molar-refractivity contribution >= 4 is 11.8 Å². The smallest absolute Gasteiger partial charge is 0.225 e. The van der Waals surface area contributed by atoms with Gasteiger partial charge in [-0.1, -0.05) is 49.6 Å². The third kappa shape index (κ3) is 6.64. The van der Waals surface area contributed by atoms with E-state index >= 15 is 0 Å². The fourth-order valence-electron chi connectivity index (χ4n) is 5.18. The Hall–Kier alpha value is -2.73. The van der Waals surface area contributed by atoms with E-state index in [0.29, 0.717) is 19.5 Å². The second kappa shape index (κ2) is 11.9. The number of hydrogen-bond acceptors (Lipinski definition) is 4. The Bertz CT molecular complexity index is 884. The summed E-state index contributed by atoms with van der Waals surface area (Å²) in [5.74, 6) is 0.476. The highest BCUT2D eigenvalue weighted by Gasteiger charge is 2.28. The molecule has 2 aliphatic rings. The summed E-state index contributed by atoms with van der Waals surface area (Å²) in [4.78, 5) is 34.7. The van der Waals surface area contributed by atoms with Gasteiger partial charge in [0.1, 0.15) is 0 Å². The zero-order valence-electron chi connectivity index (χ0n) is 19.5. The summed E-state index contributed by atoms with van der Waals surface area (Å²) in [5.41, 5.74) is 2.33. The highest BCUT2D eigenvalue weighted by atomic mass is 16.2. The Morgan fingerprint density at radius 3 is 2.45 bits per heavy atom. The minimum absolute atomic E-state index is 0.0139. The summed E-state index contributed by atoms with van der Waals surface area (Å²) in [5, 5.41) is 3.08. The van der Waals surface area contributed by atoms with Gasteiger partial charge in [-0.15, -0.1) is 0 Å². The summed E-state index contributed by atoms with van der Waals surface area (Å²) < 4.78 is 0. The molecule has 1 saturated carbocycles. The van der Waals surface area contributed by atoms with Crippen molar-refractivity contribution in [2.45, 2.75) is 57.5 Å². The van der Waals surface area contributed by atoms with Gasteiger partial charge < -0.3 is 10.2 Å². The van der Waals surface area contributed by atoms with Crippen LogP contribution < -0.4 is 5.32 Å². The Morgan fingerprint density at radius 1 is 0.939 bits per heavy atom. The number of benzene rings is 1. The molecule has 1 unspecified atom stereocenters. The fraction of sp³-hybridized carbons (Fsp3) is 0.519. The molecule has 1 aromatic carbocycles. The molecule has 1 N–H and O–H groups in total. The Labute approximate surface area is 197 Å². The molecule has 2 aromatic rings. The third-order valence-corrected chi connectivity index (χ3v) is 6.98. The number of aromatic nitrogens is 1. The first-order chi connectivity index (χ1) is 16.2. The number of pyridine rings is 1. The number of nitrogens with one attached hydrogen (secondary N) is 1. The number of rotatable bonds is 4. The first-order valence-corrected chi connectivity index (χ1v) is 12.4. The van der Waals surface area contributed by atoms with Crippen molar-refractivity contribution in [1.82, 2.24) is 20.1 Å². The molecule has 2 fully saturated rings. The van der Waals surface area contributed by atoms with Crippen molar-refractivity contribution in [2.24, 2.45) is 5.92 Å². The second-order valence-electron chi connectivity index (χ2n) is 9.32. The first kappa shape index (κ1) is 23.4. The molecule has 1 aliphatic heterocycles. The number of carbonyl (C=O) groups excluding carboxylic acids is 2. The van der Waals surface area contributed by atoms with E-state index < -0.39 is 0 Å². The van der Waals surface area contributed by atoms with Crippen LogP contribution in [0.15, 0.2) is 54.9 Å². The van der Waals surface area contributed by atoms with E-state index in [2.05, 4.69) is 27.3 Å². The molecule has 176 valence electrons. The van der Waals surface area contributed by atoms with Crippen LogP contribution in [0, 0.1) is 5.92 Å². The van der Waals surface area contributed by atoms with Crippen LogP contribution in [0.25, 0.3) is 0 Å². The van der Waals surface area contributed by atoms with Crippen molar-refractivity contribution in [2.75, 3.05) is 26.2 Å². The van der Waals surface area contributed by atoms with Crippen molar-refractivity contribution in [3.05, 3.63) is 66.0 Å². The second-order valence-corrected chi connectivity index (χ2v) is 9.32. The van der Waals surface area contributed by atoms with Gasteiger partial charge >= 0.3 is 0 Å². The summed E-state index contributed by atoms with van der Waals surface area (Å²) >= 11 is 0. The molecular weight excluding hydrogens is 412 g/mol. The molecule has 4 rings (SSSR count). The monoisotopic (exact) mass is 448 g/mol. The van der Waals surface area contributed by atoms with Crippen LogP contribution >= 0.6 is 0 Å². The quantitative estimate of drug-likeness (QED) is 0.769. The predicted molar refractivity (Wildman–Crippen MR) is 129 cm³/mol. The van der Waals surface area contributed by atoms with Gasteiger partial charge in [-0.05, 0) is 42.5 Å². The standard InChI is InChI=1S/C27H36N4O2/c32-26-20-25(23-8-3-1-4-9-23)31(21-22-12-14-28-15-13-22)18-7-17-30(19-16-29-26)27(33)24-10-5-2-6-11-24/h1,3-4,8-9,12-15,24-25H,2,5-7,10-11,16-21H2,(H,29,32). The van der Waals surface area contributed by atoms with Crippen LogP contribution in [0.3, 0.4) is 0 Å². The SMILES string of the molecule is O=C1CC(c2ccccc2)N(Cc2ccncc2)CCCN(C(=O)C2CCCCC2)CCN1. The maximum atomic E-state index is 13.2. The van der Waals surface area contributed by atoms with Gasteiger partial charge in [-0.2, -0.15) is 0 Å². The molecule has 1 atom stereocenters. The maximum absolute atomic E-state index is 13.2. The largest absolute Gasteiger partial charge is 0.354 e. The number of amides is 2. The molecule has 1 saturated heterocycles. The molecule has 33 heavy (non-hydrogen) atoms. The van der Waals surface area contributed by atoms with Gasteiger partial charge in [0.15, 0.2) is 0 Å². The van der Waals surface area contributed by atoms with E-state index in [1.54, 1.807) is 0 Å². The lowest BCUT2D eigenvalue weighted by molar-refractivity contribution is -0.137. The molecule has 6 nitrogen and oxygen atoms in total. The molecule has 0 spiro atoms. The zero-order valence-corrected chi connectivity index (χ0v) is 19.5. The zero-order chi connectivity index (χ0) is 22.9. The van der Waals surface area contributed by atoms with Gasteiger partial charge in [0, 0.05) is 63.5 Å². The molecular formula is C27H36N4O2. The molecule has 1 aromatic heterocycles. The Kier molecular flexibility index (Phi) is 8.47. The normalized spacial score (nSPS) is 21.8. The van der Waals surface area contributed by atoms with Crippen molar-refractivity contribution < 1.29 is 9.59 Å². The lowest BCUT2D eigenvalue weighted by atomic mass is 9.88. The van der Waals surface area contributed by atoms with E-state index in [1.807, 2.05) is 47.6 Å². The van der Waals surface area contributed by atoms with E-state index in [0.717, 1.165) is 57.3 Å². The molecule has 0 bridgehead atoms. The minimum Gasteiger partial charge on any atom is -0.354 e. The van der Waals surface area contributed by atoms with Gasteiger partial charge in [-0.25, -0.2) is 0 Å². The summed E-state index contributed by atoms with van der Waals surface area (Å²) in [6.07, 6.45) is 10.5. The van der Waals surface area contributed by atoms with Crippen LogP contribution in [0.1, 0.15) is 62.1 Å². The van der Waals surface area contributed by atoms with Gasteiger partial charge in [0.2, 0.25) is 11.8 Å². The number of carbonyl (C=O) groups is 2. The average molecular weight is 449 g/mol. The maximum Gasteiger partial charge on any atom is 0.225 e. The summed E-state index contributed by atoms with van der Waals surface area (Å²) in [6, 6.07) is 14.3. The van der Waals surface area contributed by atoms with E-state index in [9.17, 15) is 9.59 Å². The van der Waals surface area contributed by atoms with Crippen LogP contribution in [0.5, 0.6) is 0 Å². The van der Waals surface area contributed by atoms with E-state index in [1.165, 1.54) is 12.0 Å². The summed E-state index contributed by atoms with van der Waals surface area (Å²) in [6.45, 7) is 3.42. The lowest BCUT2D eigenvalue weighted by Gasteiger charge is -2.33. The molecule has 2 heterocycles. The lowest BCUT2D eigenvalue weighted by Crippen LogP contribution is -2.42. The van der Waals surface area contributed by atoms with E-state index in [-0.39, 0.29) is 23.8 Å².